The summed E-state index contributed by atoms with van der Waals surface area (Å²) in [6, 6.07) is 3.86. The van der Waals surface area contributed by atoms with Gasteiger partial charge in [0, 0.05) is 106 Å². The summed E-state index contributed by atoms with van der Waals surface area (Å²) >= 11 is 1.45. The molecule has 4 aromatic rings. The minimum absolute atomic E-state index is 0.0258. The van der Waals surface area contributed by atoms with Gasteiger partial charge in [0.05, 0.1) is 45.6 Å². The molecule has 36 nitrogen and oxygen atoms in total. The third-order valence-corrected chi connectivity index (χ3v) is 17.5. The fraction of sp³-hybridized carbons (Fsp3) is 0.544. The number of primary amides is 2. The van der Waals surface area contributed by atoms with Crippen LogP contribution in [0.5, 0.6) is 5.75 Å². The highest BCUT2D eigenvalue weighted by Gasteiger charge is 2.35. The molecule has 0 saturated carbocycles. The summed E-state index contributed by atoms with van der Waals surface area (Å²) < 4.78 is 5.83. The number of aromatic amines is 2. The van der Waals surface area contributed by atoms with Crippen LogP contribution in [0.1, 0.15) is 81.9 Å². The van der Waals surface area contributed by atoms with E-state index in [0.717, 1.165) is 0 Å². The monoisotopic (exact) mass is 1490 g/mol. The fourth-order valence-electron chi connectivity index (χ4n) is 11.2. The van der Waals surface area contributed by atoms with E-state index in [-0.39, 0.29) is 147 Å². The second kappa shape index (κ2) is 43.8. The summed E-state index contributed by atoms with van der Waals surface area (Å²) in [6.07, 6.45) is 5.73. The van der Waals surface area contributed by atoms with Crippen molar-refractivity contribution in [2.24, 2.45) is 23.3 Å². The van der Waals surface area contributed by atoms with Gasteiger partial charge in [-0.2, -0.15) is 11.8 Å². The Morgan fingerprint density at radius 3 is 1.66 bits per heavy atom. The lowest BCUT2D eigenvalue weighted by Crippen LogP contribution is -2.59. The van der Waals surface area contributed by atoms with E-state index in [1.54, 1.807) is 63.9 Å². The number of ether oxygens (including phenoxy) is 1. The number of rotatable bonds is 42. The number of aromatic nitrogens is 3. The van der Waals surface area contributed by atoms with Crippen LogP contribution in [-0.2, 0) is 75.2 Å². The summed E-state index contributed by atoms with van der Waals surface area (Å²) in [5, 5.41) is 53.0. The average Bonchev–Trinajstić information content (AvgIpc) is 1.65. The lowest BCUT2D eigenvalue weighted by Gasteiger charge is -2.32. The van der Waals surface area contributed by atoms with Crippen LogP contribution in [0.3, 0.4) is 0 Å². The molecule has 1 aliphatic rings. The number of nitrogens with zero attached hydrogens (tertiary/aromatic N) is 5. The first-order valence-electron chi connectivity index (χ1n) is 34.4. The molecule has 3 heterocycles. The van der Waals surface area contributed by atoms with Gasteiger partial charge in [0.2, 0.25) is 59.1 Å². The van der Waals surface area contributed by atoms with Crippen LogP contribution in [0, 0.1) is 11.8 Å². The molecule has 7 atom stereocenters. The molecule has 0 radical (unpaired) electrons. The predicted octanol–water partition coefficient (Wildman–Crippen LogP) is -3.30. The summed E-state index contributed by atoms with van der Waals surface area (Å²) in [5.41, 5.74) is 12.8. The van der Waals surface area contributed by atoms with Crippen molar-refractivity contribution in [2.75, 3.05) is 110 Å². The van der Waals surface area contributed by atoms with E-state index in [4.69, 9.17) is 16.2 Å². The maximum atomic E-state index is 14.4. The molecular formula is C68H100N18O18S. The van der Waals surface area contributed by atoms with Crippen LogP contribution in [0.2, 0.25) is 0 Å². The van der Waals surface area contributed by atoms with Crippen LogP contribution in [-0.4, -0.2) is 285 Å². The number of fused-ring (bicyclic) bond motifs is 1. The zero-order valence-corrected chi connectivity index (χ0v) is 60.7. The highest BCUT2D eigenvalue weighted by atomic mass is 32.2. The Morgan fingerprint density at radius 1 is 0.571 bits per heavy atom. The van der Waals surface area contributed by atoms with Crippen molar-refractivity contribution in [1.29, 1.82) is 0 Å². The Morgan fingerprint density at radius 2 is 1.11 bits per heavy atom. The molecule has 18 N–H and O–H groups in total. The molecular weight excluding hydrogens is 1390 g/mol. The number of carboxylic acid groups (broad SMARTS) is 3. The SMILES string of the molecule is CSCC[C@H](NC(=O)[C@H](CC(C)C)NC(=O)[C@H](Cc1cnc[nH]1)NC(=O)CNC(=O)[C@@H](NC(=O)[C@H](C)NC(=O)[C@H](Cc1c[nH]c2ccccc12)NC(=O)C(CCC(N)=O)NC(=O)c1ccc(OCCNC(=O)CN2CCN(CC(=O)O)CCN(CC(=O)O)CCN(CC(=O)O)CC2)cc1)C(C)C)C(N)=O. The van der Waals surface area contributed by atoms with E-state index in [2.05, 4.69) is 62.8 Å². The molecule has 2 aromatic carbocycles. The van der Waals surface area contributed by atoms with E-state index in [0.29, 0.717) is 27.9 Å². The first-order chi connectivity index (χ1) is 49.9. The van der Waals surface area contributed by atoms with E-state index < -0.39 is 138 Å². The number of imidazole rings is 1. The summed E-state index contributed by atoms with van der Waals surface area (Å²) in [4.78, 5) is 201. The number of carboxylic acids is 3. The molecule has 37 heteroatoms. The fourth-order valence-corrected chi connectivity index (χ4v) is 11.7. The third kappa shape index (κ3) is 30.9. The van der Waals surface area contributed by atoms with Crippen LogP contribution in [0.4, 0.5) is 0 Å². The normalized spacial score (nSPS) is 15.5. The van der Waals surface area contributed by atoms with Crippen molar-refractivity contribution >= 4 is 106 Å². The topological polar surface area (TPSA) is 527 Å². The van der Waals surface area contributed by atoms with Crippen molar-refractivity contribution in [3.8, 4) is 5.75 Å². The Balaban J connectivity index is 1.20. The zero-order valence-electron chi connectivity index (χ0n) is 59.9. The minimum atomic E-state index is -1.46. The first kappa shape index (κ1) is 85.4. The van der Waals surface area contributed by atoms with Gasteiger partial charge < -0.3 is 89.3 Å². The first-order valence-corrected chi connectivity index (χ1v) is 35.8. The second-order valence-corrected chi connectivity index (χ2v) is 27.2. The molecule has 5 rings (SSSR count). The number of nitrogens with one attached hydrogen (secondary N) is 11. The molecule has 2 aromatic heterocycles. The van der Waals surface area contributed by atoms with Gasteiger partial charge in [-0.1, -0.05) is 45.9 Å². The molecule has 1 unspecified atom stereocenters. The number of thioether (sulfide) groups is 1. The van der Waals surface area contributed by atoms with E-state index >= 15 is 0 Å². The average molecular weight is 1490 g/mol. The molecule has 1 aliphatic heterocycles. The number of para-hydroxylation sites is 1. The van der Waals surface area contributed by atoms with Gasteiger partial charge in [0.15, 0.2) is 0 Å². The van der Waals surface area contributed by atoms with Crippen LogP contribution in [0.25, 0.3) is 10.9 Å². The Bertz CT molecular complexity index is 3570. The number of benzene rings is 2. The lowest BCUT2D eigenvalue weighted by atomic mass is 10.0. The molecule has 1 fully saturated rings. The largest absolute Gasteiger partial charge is 0.492 e. The molecule has 0 spiro atoms. The molecule has 0 aliphatic carbocycles. The molecule has 11 amide bonds. The van der Waals surface area contributed by atoms with Crippen molar-refractivity contribution in [2.45, 2.75) is 115 Å². The number of carbonyl (C=O) groups is 14. The number of amides is 11. The smallest absolute Gasteiger partial charge is 0.317 e. The number of nitrogens with two attached hydrogens (primary N) is 2. The Labute approximate surface area is 611 Å². The van der Waals surface area contributed by atoms with Gasteiger partial charge in [0.1, 0.15) is 54.6 Å². The highest BCUT2D eigenvalue weighted by Crippen LogP contribution is 2.20. The molecule has 1 saturated heterocycles. The van der Waals surface area contributed by atoms with Gasteiger partial charge in [-0.15, -0.1) is 0 Å². The number of hydrogen-bond acceptors (Lipinski definition) is 21. The zero-order chi connectivity index (χ0) is 77.3. The van der Waals surface area contributed by atoms with Crippen LogP contribution < -0.4 is 64.1 Å². The van der Waals surface area contributed by atoms with Crippen molar-refractivity contribution < 1.29 is 87.2 Å². The standard InChI is InChI=1S/C68H100N18O18S/c1-40(2)29-51(66(101)78-49(61(70)96)17-28-105-6)80-67(102)53(31-45-33-71-39-75-45)77-55(88)34-74-68(103)60(41(3)4)82-62(97)42(5)76-65(100)52(30-44-32-73-48-10-8-7-9-47(44)48)81-64(99)50(15-16-54(69)87)79-63(98)43-11-13-46(14-12-43)104-27-18-72-56(89)35-83-19-21-84(36-57(90)91)23-25-86(38-59(94)95)26-24-85(22-20-83)37-58(92)93/h7-14,32-33,39-42,49-53,60,73H,15-31,34-38H2,1-6H3,(H2,69,87)(H2,70,96)(H,71,75)(H,72,89)(H,74,103)(H,76,100)(H,77,88)(H,78,101)(H,79,98)(H,80,102)(H,81,99)(H,82,97)(H,90,91)(H,92,93)(H,94,95)/t42-,49-,50?,51-,52-,53-,60-/m0/s1. The van der Waals surface area contributed by atoms with Crippen molar-refractivity contribution in [1.82, 2.24) is 82.4 Å². The summed E-state index contributed by atoms with van der Waals surface area (Å²) in [7, 11) is 0. The quantitative estimate of drug-likeness (QED) is 0.0193. The summed E-state index contributed by atoms with van der Waals surface area (Å²) in [6.45, 7) is 8.24. The molecule has 0 bridgehead atoms. The van der Waals surface area contributed by atoms with Gasteiger partial charge >= 0.3 is 17.9 Å². The number of carbonyl (C=O) groups excluding carboxylic acids is 11. The number of H-pyrrole nitrogens is 2. The van der Waals surface area contributed by atoms with Crippen molar-refractivity contribution in [3.05, 3.63) is 84.1 Å². The maximum absolute atomic E-state index is 14.4. The number of hydrogen-bond donors (Lipinski definition) is 16. The van der Waals surface area contributed by atoms with Gasteiger partial charge in [-0.25, -0.2) is 4.98 Å². The van der Waals surface area contributed by atoms with E-state index in [9.17, 15) is 82.4 Å². The van der Waals surface area contributed by atoms with Crippen LogP contribution in [0.15, 0.2) is 67.3 Å². The van der Waals surface area contributed by atoms with Crippen LogP contribution >= 0.6 is 11.8 Å². The Hall–Kier alpha value is -10.2. The predicted molar refractivity (Wildman–Crippen MR) is 384 cm³/mol. The van der Waals surface area contributed by atoms with Gasteiger partial charge in [0.25, 0.3) is 5.91 Å². The number of aliphatic carboxylic acids is 3. The lowest BCUT2D eigenvalue weighted by molar-refractivity contribution is -0.140. The van der Waals surface area contributed by atoms with Gasteiger partial charge in [-0.3, -0.25) is 86.7 Å². The van der Waals surface area contributed by atoms with E-state index in [1.807, 2.05) is 20.1 Å². The highest BCUT2D eigenvalue weighted by molar-refractivity contribution is 7.98. The van der Waals surface area contributed by atoms with E-state index in [1.165, 1.54) is 55.5 Å². The molecule has 105 heavy (non-hydrogen) atoms. The van der Waals surface area contributed by atoms with Gasteiger partial charge in [-0.05, 0) is 85.9 Å². The van der Waals surface area contributed by atoms with Crippen molar-refractivity contribution in [3.63, 3.8) is 0 Å². The second-order valence-electron chi connectivity index (χ2n) is 26.2. The Kier molecular flexibility index (Phi) is 35.6. The maximum Gasteiger partial charge on any atom is 0.317 e. The molecule has 576 valence electrons. The summed E-state index contributed by atoms with van der Waals surface area (Å²) in [5.74, 6) is -11.5. The minimum Gasteiger partial charge on any atom is -0.492 e. The third-order valence-electron chi connectivity index (χ3n) is 16.9.